The number of anilines is 1. The number of halogens is 2. The average Bonchev–Trinajstić information content (AvgIpc) is 2.56. The number of carbonyl (C=O) groups excluding carboxylic acids is 1. The number of benzene rings is 2. The zero-order valence-corrected chi connectivity index (χ0v) is 15.0. The van der Waals surface area contributed by atoms with Gasteiger partial charge >= 0.3 is 0 Å². The predicted octanol–water partition coefficient (Wildman–Crippen LogP) is 5.19. The zero-order valence-electron chi connectivity index (χ0n) is 13.5. The van der Waals surface area contributed by atoms with Crippen molar-refractivity contribution in [2.45, 2.75) is 26.4 Å². The van der Waals surface area contributed by atoms with Crippen molar-refractivity contribution < 1.29 is 14.3 Å². The highest BCUT2D eigenvalue weighted by Crippen LogP contribution is 2.28. The first-order chi connectivity index (χ1) is 11.5. The summed E-state index contributed by atoms with van der Waals surface area (Å²) in [6.45, 7) is 4.36. The van der Waals surface area contributed by atoms with Gasteiger partial charge in [-0.2, -0.15) is 0 Å². The van der Waals surface area contributed by atoms with Crippen LogP contribution in [-0.2, 0) is 4.79 Å². The molecule has 24 heavy (non-hydrogen) atoms. The quantitative estimate of drug-likeness (QED) is 0.732. The summed E-state index contributed by atoms with van der Waals surface area (Å²) >= 11 is 11.9. The van der Waals surface area contributed by atoms with E-state index in [1.165, 1.54) is 0 Å². The van der Waals surface area contributed by atoms with Crippen LogP contribution >= 0.6 is 23.2 Å². The summed E-state index contributed by atoms with van der Waals surface area (Å²) in [5, 5.41) is 3.66. The Morgan fingerprint density at radius 3 is 2.50 bits per heavy atom. The van der Waals surface area contributed by atoms with Crippen LogP contribution in [0.25, 0.3) is 0 Å². The molecule has 2 rings (SSSR count). The Balaban J connectivity index is 1.93. The molecule has 1 atom stereocenters. The summed E-state index contributed by atoms with van der Waals surface area (Å²) in [6.07, 6.45) is 0.236. The van der Waals surface area contributed by atoms with E-state index in [0.29, 0.717) is 28.1 Å². The van der Waals surface area contributed by atoms with Crippen LogP contribution in [-0.4, -0.2) is 18.6 Å². The molecule has 128 valence electrons. The maximum absolute atomic E-state index is 12.2. The molecule has 0 heterocycles. The molecule has 1 unspecified atom stereocenters. The number of amides is 1. The fourth-order valence-corrected chi connectivity index (χ4v) is 2.37. The third-order valence-electron chi connectivity index (χ3n) is 3.16. The fourth-order valence-electron chi connectivity index (χ4n) is 1.91. The Labute approximate surface area is 151 Å². The van der Waals surface area contributed by atoms with E-state index in [1.54, 1.807) is 37.3 Å². The van der Waals surface area contributed by atoms with Crippen molar-refractivity contribution in [2.24, 2.45) is 0 Å². The van der Waals surface area contributed by atoms with Gasteiger partial charge in [-0.05, 0) is 55.8 Å². The van der Waals surface area contributed by atoms with Crippen molar-refractivity contribution in [1.29, 1.82) is 0 Å². The zero-order chi connectivity index (χ0) is 17.5. The van der Waals surface area contributed by atoms with Crippen molar-refractivity contribution in [2.75, 3.05) is 11.9 Å². The molecule has 0 bridgehead atoms. The number of hydrogen-bond acceptors (Lipinski definition) is 3. The molecule has 0 aliphatic carbocycles. The lowest BCUT2D eigenvalue weighted by Gasteiger charge is -2.16. The van der Waals surface area contributed by atoms with Crippen LogP contribution in [0.15, 0.2) is 42.5 Å². The molecular formula is C18H19Cl2NO3. The Kier molecular flexibility index (Phi) is 6.76. The predicted molar refractivity (Wildman–Crippen MR) is 97.4 cm³/mol. The number of carbonyl (C=O) groups is 1. The first-order valence-corrected chi connectivity index (χ1v) is 8.40. The highest BCUT2D eigenvalue weighted by molar-refractivity contribution is 6.35. The summed E-state index contributed by atoms with van der Waals surface area (Å²) in [4.78, 5) is 12.2. The second kappa shape index (κ2) is 8.81. The molecule has 1 amide bonds. The molecule has 2 aromatic carbocycles. The third kappa shape index (κ3) is 5.32. The third-order valence-corrected chi connectivity index (χ3v) is 3.69. The maximum atomic E-state index is 12.2. The van der Waals surface area contributed by atoms with Crippen molar-refractivity contribution in [3.05, 3.63) is 52.5 Å². The monoisotopic (exact) mass is 367 g/mol. The smallest absolute Gasteiger partial charge is 0.265 e. The summed E-state index contributed by atoms with van der Waals surface area (Å²) in [5.41, 5.74) is 0.668. The van der Waals surface area contributed by atoms with Crippen LogP contribution in [0.2, 0.25) is 10.0 Å². The second-order valence-electron chi connectivity index (χ2n) is 5.20. The maximum Gasteiger partial charge on any atom is 0.265 e. The van der Waals surface area contributed by atoms with E-state index in [2.05, 4.69) is 5.32 Å². The first kappa shape index (κ1) is 18.4. The number of rotatable bonds is 7. The number of nitrogens with one attached hydrogen (secondary N) is 1. The lowest BCUT2D eigenvalue weighted by atomic mass is 10.2. The molecule has 6 heteroatoms. The van der Waals surface area contributed by atoms with Gasteiger partial charge in [0.2, 0.25) is 0 Å². The number of ether oxygens (including phenoxy) is 2. The standard InChI is InChI=1S/C18H19Cl2NO3/c1-3-10-23-15-7-5-14(6-8-15)21-18(22)12(2)24-17-9-4-13(19)11-16(17)20/h4-9,11-12H,3,10H2,1-2H3,(H,21,22). The number of hydrogen-bond donors (Lipinski definition) is 1. The van der Waals surface area contributed by atoms with E-state index in [1.807, 2.05) is 19.1 Å². The van der Waals surface area contributed by atoms with Gasteiger partial charge in [-0.15, -0.1) is 0 Å². The van der Waals surface area contributed by atoms with Crippen LogP contribution < -0.4 is 14.8 Å². The van der Waals surface area contributed by atoms with Gasteiger partial charge in [0, 0.05) is 10.7 Å². The van der Waals surface area contributed by atoms with Crippen LogP contribution in [0, 0.1) is 0 Å². The van der Waals surface area contributed by atoms with E-state index >= 15 is 0 Å². The van der Waals surface area contributed by atoms with E-state index < -0.39 is 6.10 Å². The molecule has 0 aliphatic rings. The van der Waals surface area contributed by atoms with Crippen molar-refractivity contribution in [1.82, 2.24) is 0 Å². The molecule has 0 saturated carbocycles. The molecule has 0 radical (unpaired) electrons. The van der Waals surface area contributed by atoms with Crippen LogP contribution in [0.5, 0.6) is 11.5 Å². The Bertz CT molecular complexity index is 689. The van der Waals surface area contributed by atoms with Gasteiger partial charge in [0.15, 0.2) is 6.10 Å². The largest absolute Gasteiger partial charge is 0.494 e. The van der Waals surface area contributed by atoms with E-state index in [0.717, 1.165) is 12.2 Å². The molecule has 2 aromatic rings. The van der Waals surface area contributed by atoms with Gasteiger partial charge in [-0.25, -0.2) is 0 Å². The van der Waals surface area contributed by atoms with E-state index in [-0.39, 0.29) is 5.91 Å². The van der Waals surface area contributed by atoms with Gasteiger partial charge < -0.3 is 14.8 Å². The minimum atomic E-state index is -0.709. The van der Waals surface area contributed by atoms with Gasteiger partial charge in [0.25, 0.3) is 5.91 Å². The van der Waals surface area contributed by atoms with Crippen molar-refractivity contribution in [3.8, 4) is 11.5 Å². The molecular weight excluding hydrogens is 349 g/mol. The highest BCUT2D eigenvalue weighted by atomic mass is 35.5. The Hall–Kier alpha value is -1.91. The molecule has 4 nitrogen and oxygen atoms in total. The van der Waals surface area contributed by atoms with Gasteiger partial charge in [-0.3, -0.25) is 4.79 Å². The topological polar surface area (TPSA) is 47.6 Å². The fraction of sp³-hybridized carbons (Fsp3) is 0.278. The molecule has 1 N–H and O–H groups in total. The SMILES string of the molecule is CCCOc1ccc(NC(=O)C(C)Oc2ccc(Cl)cc2Cl)cc1. The van der Waals surface area contributed by atoms with Crippen molar-refractivity contribution in [3.63, 3.8) is 0 Å². The molecule has 0 spiro atoms. The molecule has 0 fully saturated rings. The van der Waals surface area contributed by atoms with Gasteiger partial charge in [0.1, 0.15) is 11.5 Å². The summed E-state index contributed by atoms with van der Waals surface area (Å²) in [6, 6.07) is 12.0. The lowest BCUT2D eigenvalue weighted by molar-refractivity contribution is -0.122. The van der Waals surface area contributed by atoms with Crippen molar-refractivity contribution >= 4 is 34.8 Å². The lowest BCUT2D eigenvalue weighted by Crippen LogP contribution is -2.30. The molecule has 0 saturated heterocycles. The Morgan fingerprint density at radius 1 is 1.17 bits per heavy atom. The van der Waals surface area contributed by atoms with Crippen LogP contribution in [0.3, 0.4) is 0 Å². The van der Waals surface area contributed by atoms with Crippen LogP contribution in [0.1, 0.15) is 20.3 Å². The second-order valence-corrected chi connectivity index (χ2v) is 6.04. The molecule has 0 aliphatic heterocycles. The highest BCUT2D eigenvalue weighted by Gasteiger charge is 2.16. The summed E-state index contributed by atoms with van der Waals surface area (Å²) in [7, 11) is 0. The van der Waals surface area contributed by atoms with Crippen LogP contribution in [0.4, 0.5) is 5.69 Å². The minimum absolute atomic E-state index is 0.275. The Morgan fingerprint density at radius 2 is 1.88 bits per heavy atom. The summed E-state index contributed by atoms with van der Waals surface area (Å²) < 4.78 is 11.1. The minimum Gasteiger partial charge on any atom is -0.494 e. The molecule has 0 aromatic heterocycles. The normalized spacial score (nSPS) is 11.7. The van der Waals surface area contributed by atoms with E-state index in [4.69, 9.17) is 32.7 Å². The summed E-state index contributed by atoms with van der Waals surface area (Å²) in [5.74, 6) is 0.905. The first-order valence-electron chi connectivity index (χ1n) is 7.65. The average molecular weight is 368 g/mol. The van der Waals surface area contributed by atoms with Gasteiger partial charge in [-0.1, -0.05) is 30.1 Å². The van der Waals surface area contributed by atoms with E-state index in [9.17, 15) is 4.79 Å². The van der Waals surface area contributed by atoms with Gasteiger partial charge in [0.05, 0.1) is 11.6 Å².